The Morgan fingerprint density at radius 2 is 1.07 bits per heavy atom. The summed E-state index contributed by atoms with van der Waals surface area (Å²) in [5.74, 6) is 0.434. The lowest BCUT2D eigenvalue weighted by molar-refractivity contribution is -0.136. The van der Waals surface area contributed by atoms with Crippen LogP contribution >= 0.6 is 0 Å². The van der Waals surface area contributed by atoms with Crippen molar-refractivity contribution in [3.63, 3.8) is 0 Å². The molecule has 4 aromatic rings. The Balaban J connectivity index is 1.10. The van der Waals surface area contributed by atoms with Crippen molar-refractivity contribution in [1.82, 2.24) is 40.4 Å². The van der Waals surface area contributed by atoms with E-state index in [0.717, 1.165) is 52.9 Å². The van der Waals surface area contributed by atoms with Crippen molar-refractivity contribution in [3.05, 3.63) is 72.6 Å². The van der Waals surface area contributed by atoms with Crippen LogP contribution in [0.3, 0.4) is 0 Å². The van der Waals surface area contributed by atoms with E-state index in [1.807, 2.05) is 62.4 Å². The molecule has 4 atom stereocenters. The highest BCUT2D eigenvalue weighted by molar-refractivity contribution is 5.87. The van der Waals surface area contributed by atoms with Crippen molar-refractivity contribution >= 4 is 24.0 Å². The molecular formula is C40H50N8O6. The summed E-state index contributed by atoms with van der Waals surface area (Å²) < 4.78 is 30.8. The summed E-state index contributed by atoms with van der Waals surface area (Å²) in [4.78, 5) is 70.9. The van der Waals surface area contributed by atoms with Gasteiger partial charge < -0.3 is 39.9 Å². The number of carbonyl (C=O) groups is 4. The zero-order chi connectivity index (χ0) is 41.0. The highest BCUT2D eigenvalue weighted by atomic mass is 16.5. The molecule has 14 heteroatoms. The van der Waals surface area contributed by atoms with E-state index in [-0.39, 0.29) is 35.7 Å². The second-order valence-electron chi connectivity index (χ2n) is 14.5. The number of nitrogens with one attached hydrogen (secondary N) is 4. The molecule has 54 heavy (non-hydrogen) atoms. The fourth-order valence-electron chi connectivity index (χ4n) is 7.35. The fourth-order valence-corrected chi connectivity index (χ4v) is 7.35. The fraction of sp³-hybridized carbons (Fsp3) is 0.450. The minimum Gasteiger partial charge on any atom is -0.453 e. The number of carbonyl (C=O) groups excluding carboxylic acids is 4. The summed E-state index contributed by atoms with van der Waals surface area (Å²) in [7, 11) is -1.64. The maximum absolute atomic E-state index is 13.6. The predicted molar refractivity (Wildman–Crippen MR) is 203 cm³/mol. The predicted octanol–water partition coefficient (Wildman–Crippen LogP) is 6.22. The normalized spacial score (nSPS) is 19.2. The van der Waals surface area contributed by atoms with E-state index in [1.54, 1.807) is 36.0 Å². The molecule has 286 valence electrons. The van der Waals surface area contributed by atoms with Gasteiger partial charge in [0, 0.05) is 13.1 Å². The minimum absolute atomic E-state index is 0.117. The lowest BCUT2D eigenvalue weighted by Gasteiger charge is -2.30. The van der Waals surface area contributed by atoms with E-state index < -0.39 is 31.3 Å². The number of imidazole rings is 2. The van der Waals surface area contributed by atoms with Gasteiger partial charge in [-0.05, 0) is 59.8 Å². The molecule has 2 aromatic heterocycles. The van der Waals surface area contributed by atoms with Crippen LogP contribution in [-0.4, -0.2) is 93.1 Å². The van der Waals surface area contributed by atoms with Gasteiger partial charge in [0.25, 0.3) is 0 Å². The number of ether oxygens (including phenoxy) is 2. The molecule has 2 aromatic carbocycles. The molecule has 0 unspecified atom stereocenters. The molecule has 4 N–H and O–H groups in total. The first-order valence-corrected chi connectivity index (χ1v) is 18.4. The lowest BCUT2D eigenvalue weighted by atomic mass is 10.0. The number of hydrogen-bond acceptors (Lipinski definition) is 8. The van der Waals surface area contributed by atoms with E-state index in [2.05, 4.69) is 35.3 Å². The summed E-state index contributed by atoms with van der Waals surface area (Å²) >= 11 is 0. The summed E-state index contributed by atoms with van der Waals surface area (Å²) in [5, 5.41) is 5.12. The van der Waals surface area contributed by atoms with E-state index in [0.29, 0.717) is 31.2 Å². The third-order valence-corrected chi connectivity index (χ3v) is 10.3. The van der Waals surface area contributed by atoms with Crippen LogP contribution in [0.4, 0.5) is 9.59 Å². The molecule has 0 aliphatic carbocycles. The number of aromatic nitrogens is 4. The van der Waals surface area contributed by atoms with Crippen molar-refractivity contribution in [2.45, 2.75) is 77.5 Å². The van der Waals surface area contributed by atoms with E-state index in [1.165, 1.54) is 7.11 Å². The number of benzene rings is 2. The van der Waals surface area contributed by atoms with Gasteiger partial charge in [-0.15, -0.1) is 0 Å². The van der Waals surface area contributed by atoms with Crippen molar-refractivity contribution in [2.75, 3.05) is 27.2 Å². The van der Waals surface area contributed by atoms with Gasteiger partial charge >= 0.3 is 12.2 Å². The molecule has 0 saturated carbocycles. The summed E-state index contributed by atoms with van der Waals surface area (Å²) in [5.41, 5.74) is 5.55. The highest BCUT2D eigenvalue weighted by Gasteiger charge is 2.39. The van der Waals surface area contributed by atoms with Crippen LogP contribution < -0.4 is 10.6 Å². The molecular weight excluding hydrogens is 688 g/mol. The van der Waals surface area contributed by atoms with Crippen molar-refractivity contribution in [2.24, 2.45) is 11.8 Å². The standard InChI is InChI=1S/C40H50N8O6/c1-23(2)33(45-39(51)53-5)37(49)47-19-7-9-31(47)35-41-21-29(43-35)27-15-11-25(12-16-27)26-13-17-28(18-14-26)30-22-42-36(44-30)32-10-8-20-48(32)38(50)34(24(3)4)46-40(52)54-6/h11-18,21-24,31-34H,7-10,19-20H2,1-6H3,(H,41,43)(H,42,44)(H,45,51)(H,46,52)/t31-,32+,33-,34+/i5D3/m0/s1. The van der Waals surface area contributed by atoms with Gasteiger partial charge in [-0.25, -0.2) is 19.6 Å². The average molecular weight is 742 g/mol. The van der Waals surface area contributed by atoms with Crippen LogP contribution in [0.2, 0.25) is 0 Å². The van der Waals surface area contributed by atoms with Crippen molar-refractivity contribution in [3.8, 4) is 33.6 Å². The van der Waals surface area contributed by atoms with Gasteiger partial charge in [0.15, 0.2) is 0 Å². The third kappa shape index (κ3) is 8.12. The number of likely N-dealkylation sites (tertiary alicyclic amines) is 2. The van der Waals surface area contributed by atoms with Gasteiger partial charge in [0.05, 0.1) is 54.1 Å². The van der Waals surface area contributed by atoms with Gasteiger partial charge in [0.2, 0.25) is 11.8 Å². The van der Waals surface area contributed by atoms with Crippen LogP contribution in [0, 0.1) is 11.8 Å². The number of hydrogen-bond donors (Lipinski definition) is 4. The largest absolute Gasteiger partial charge is 0.453 e. The number of aromatic amines is 2. The zero-order valence-corrected chi connectivity index (χ0v) is 31.2. The molecule has 4 heterocycles. The topological polar surface area (TPSA) is 175 Å². The number of nitrogens with zero attached hydrogens (tertiary/aromatic N) is 4. The first-order chi connectivity index (χ1) is 27.1. The smallest absolute Gasteiger partial charge is 0.407 e. The molecule has 0 radical (unpaired) electrons. The van der Waals surface area contributed by atoms with Gasteiger partial charge in [0.1, 0.15) is 23.7 Å². The van der Waals surface area contributed by atoms with E-state index >= 15 is 0 Å². The molecule has 0 bridgehead atoms. The SMILES string of the molecule is [2H]C([2H])([2H])OC(=O)N[C@H](C(=O)N1CCC[C@H]1c1ncc(-c2ccc(-c3ccc(-c4cnc([C@H]5CCCN5C(=O)[C@H](NC(=O)OC)C(C)C)[nH]4)cc3)cc2)[nH]1)C(C)C. The third-order valence-electron chi connectivity index (χ3n) is 10.3. The number of methoxy groups -OCH3 is 2. The molecule has 4 amide bonds. The molecule has 2 fully saturated rings. The maximum Gasteiger partial charge on any atom is 0.407 e. The Morgan fingerprint density at radius 3 is 1.44 bits per heavy atom. The zero-order valence-electron chi connectivity index (χ0n) is 34.2. The Morgan fingerprint density at radius 1 is 0.685 bits per heavy atom. The van der Waals surface area contributed by atoms with Crippen LogP contribution in [0.25, 0.3) is 33.6 Å². The first kappa shape index (κ1) is 34.1. The molecule has 0 spiro atoms. The maximum atomic E-state index is 13.6. The summed E-state index contributed by atoms with van der Waals surface area (Å²) in [6, 6.07) is 14.0. The second kappa shape index (κ2) is 16.6. The van der Waals surface area contributed by atoms with E-state index in [9.17, 15) is 19.2 Å². The highest BCUT2D eigenvalue weighted by Crippen LogP contribution is 2.35. The molecule has 2 saturated heterocycles. The Kier molecular flexibility index (Phi) is 10.5. The Bertz CT molecular complexity index is 2050. The number of alkyl carbamates (subject to hydrolysis) is 2. The average Bonchev–Trinajstić information content (AvgIpc) is 4.01. The quantitative estimate of drug-likeness (QED) is 0.140. The lowest BCUT2D eigenvalue weighted by Crippen LogP contribution is -2.51. The Labute approximate surface area is 319 Å². The monoisotopic (exact) mass is 741 g/mol. The number of rotatable bonds is 11. The van der Waals surface area contributed by atoms with Crippen molar-refractivity contribution < 1.29 is 32.8 Å². The minimum atomic E-state index is -2.92. The number of H-pyrrole nitrogens is 2. The molecule has 2 aliphatic heterocycles. The van der Waals surface area contributed by atoms with Gasteiger partial charge in [-0.1, -0.05) is 76.2 Å². The van der Waals surface area contributed by atoms with Crippen LogP contribution in [0.15, 0.2) is 60.9 Å². The summed E-state index contributed by atoms with van der Waals surface area (Å²) in [6.45, 7) is 8.38. The van der Waals surface area contributed by atoms with Crippen molar-refractivity contribution in [1.29, 1.82) is 0 Å². The van der Waals surface area contributed by atoms with E-state index in [4.69, 9.17) is 8.85 Å². The second-order valence-corrected chi connectivity index (χ2v) is 14.5. The van der Waals surface area contributed by atoms with Gasteiger partial charge in [-0.3, -0.25) is 9.59 Å². The van der Waals surface area contributed by atoms with Crippen LogP contribution in [0.1, 0.15) is 81.2 Å². The van der Waals surface area contributed by atoms with Gasteiger partial charge in [-0.2, -0.15) is 0 Å². The molecule has 14 nitrogen and oxygen atoms in total. The Hall–Kier alpha value is -5.66. The molecule has 2 aliphatic rings. The van der Waals surface area contributed by atoms with Crippen LogP contribution in [-0.2, 0) is 19.1 Å². The number of amides is 4. The van der Waals surface area contributed by atoms with Crippen LogP contribution in [0.5, 0.6) is 0 Å². The summed E-state index contributed by atoms with van der Waals surface area (Å²) in [6.07, 6.45) is 4.76. The first-order valence-electron chi connectivity index (χ1n) is 19.9. The molecule has 6 rings (SSSR count).